The SMILES string of the molecule is Nc1ccnc2c1ccc1c(N)ccnc12. The average molecular weight is 210 g/mol. The zero-order valence-corrected chi connectivity index (χ0v) is 8.51. The first-order valence-electron chi connectivity index (χ1n) is 4.95. The lowest BCUT2D eigenvalue weighted by Crippen LogP contribution is -1.93. The standard InChI is InChI=1S/C12H10N4/c13-9-3-5-15-11-7(9)1-2-8-10(14)4-6-16-12(8)11/h1-6H,(H2,13,15)(H2,14,16). The van der Waals surface area contributed by atoms with Crippen LogP contribution in [0.2, 0.25) is 0 Å². The molecule has 2 heterocycles. The van der Waals surface area contributed by atoms with Crippen LogP contribution in [0.5, 0.6) is 0 Å². The van der Waals surface area contributed by atoms with E-state index in [0.29, 0.717) is 11.4 Å². The van der Waals surface area contributed by atoms with Gasteiger partial charge in [-0.3, -0.25) is 9.97 Å². The van der Waals surface area contributed by atoms with E-state index in [-0.39, 0.29) is 0 Å². The van der Waals surface area contributed by atoms with Crippen LogP contribution in [0.1, 0.15) is 0 Å². The molecule has 0 aliphatic rings. The van der Waals surface area contributed by atoms with E-state index in [0.717, 1.165) is 21.8 Å². The summed E-state index contributed by atoms with van der Waals surface area (Å²) in [7, 11) is 0. The van der Waals surface area contributed by atoms with Crippen LogP contribution >= 0.6 is 0 Å². The maximum absolute atomic E-state index is 5.89. The van der Waals surface area contributed by atoms with Crippen LogP contribution in [-0.4, -0.2) is 9.97 Å². The fraction of sp³-hybridized carbons (Fsp3) is 0. The van der Waals surface area contributed by atoms with E-state index in [1.165, 1.54) is 0 Å². The van der Waals surface area contributed by atoms with Crippen LogP contribution in [0.25, 0.3) is 21.8 Å². The van der Waals surface area contributed by atoms with Gasteiger partial charge in [-0.2, -0.15) is 0 Å². The van der Waals surface area contributed by atoms with Crippen molar-refractivity contribution in [3.05, 3.63) is 36.7 Å². The third-order valence-corrected chi connectivity index (χ3v) is 2.69. The molecule has 2 aromatic heterocycles. The summed E-state index contributed by atoms with van der Waals surface area (Å²) >= 11 is 0. The Bertz CT molecular complexity index is 630. The maximum Gasteiger partial charge on any atom is 0.0986 e. The monoisotopic (exact) mass is 210 g/mol. The first-order valence-corrected chi connectivity index (χ1v) is 4.95. The molecule has 16 heavy (non-hydrogen) atoms. The maximum atomic E-state index is 5.89. The minimum Gasteiger partial charge on any atom is -0.398 e. The predicted molar refractivity (Wildman–Crippen MR) is 65.9 cm³/mol. The van der Waals surface area contributed by atoms with Gasteiger partial charge in [0.25, 0.3) is 0 Å². The van der Waals surface area contributed by atoms with Crippen LogP contribution in [0.15, 0.2) is 36.7 Å². The van der Waals surface area contributed by atoms with Gasteiger partial charge >= 0.3 is 0 Å². The quantitative estimate of drug-likeness (QED) is 0.556. The Balaban J connectivity index is 2.60. The third kappa shape index (κ3) is 1.10. The molecule has 0 atom stereocenters. The van der Waals surface area contributed by atoms with Crippen molar-refractivity contribution < 1.29 is 0 Å². The number of nitrogens with zero attached hydrogens (tertiary/aromatic N) is 2. The van der Waals surface area contributed by atoms with E-state index in [2.05, 4.69) is 9.97 Å². The van der Waals surface area contributed by atoms with Crippen LogP contribution < -0.4 is 11.5 Å². The van der Waals surface area contributed by atoms with Gasteiger partial charge in [0.05, 0.1) is 11.0 Å². The molecule has 0 aliphatic heterocycles. The molecule has 0 amide bonds. The van der Waals surface area contributed by atoms with Crippen molar-refractivity contribution in [2.24, 2.45) is 0 Å². The number of fused-ring (bicyclic) bond motifs is 3. The highest BCUT2D eigenvalue weighted by Gasteiger charge is 2.06. The Morgan fingerprint density at radius 3 is 1.56 bits per heavy atom. The van der Waals surface area contributed by atoms with Gasteiger partial charge in [0.1, 0.15) is 0 Å². The number of anilines is 2. The highest BCUT2D eigenvalue weighted by molar-refractivity contribution is 6.09. The number of nitrogen functional groups attached to an aromatic ring is 2. The second-order valence-corrected chi connectivity index (χ2v) is 3.66. The van der Waals surface area contributed by atoms with E-state index in [1.54, 1.807) is 24.5 Å². The number of benzene rings is 1. The molecule has 4 nitrogen and oxygen atoms in total. The van der Waals surface area contributed by atoms with Crippen LogP contribution in [0.3, 0.4) is 0 Å². The second-order valence-electron chi connectivity index (χ2n) is 3.66. The van der Waals surface area contributed by atoms with Gasteiger partial charge in [-0.25, -0.2) is 0 Å². The fourth-order valence-corrected chi connectivity index (χ4v) is 1.87. The van der Waals surface area contributed by atoms with Crippen molar-refractivity contribution in [3.63, 3.8) is 0 Å². The van der Waals surface area contributed by atoms with Crippen molar-refractivity contribution in [1.29, 1.82) is 0 Å². The van der Waals surface area contributed by atoms with E-state index >= 15 is 0 Å². The van der Waals surface area contributed by atoms with Crippen molar-refractivity contribution >= 4 is 33.2 Å². The van der Waals surface area contributed by atoms with Crippen LogP contribution in [0, 0.1) is 0 Å². The number of pyridine rings is 2. The summed E-state index contributed by atoms with van der Waals surface area (Å²) in [5.41, 5.74) is 14.8. The predicted octanol–water partition coefficient (Wildman–Crippen LogP) is 1.95. The number of aromatic nitrogens is 2. The number of hydrogen-bond donors (Lipinski definition) is 2. The Morgan fingerprint density at radius 1 is 0.688 bits per heavy atom. The molecule has 4 heteroatoms. The lowest BCUT2D eigenvalue weighted by molar-refractivity contribution is 1.38. The first-order chi connectivity index (χ1) is 7.77. The van der Waals surface area contributed by atoms with E-state index in [1.807, 2.05) is 12.1 Å². The zero-order chi connectivity index (χ0) is 11.1. The normalized spacial score (nSPS) is 11.0. The molecule has 0 bridgehead atoms. The molecule has 0 unspecified atom stereocenters. The third-order valence-electron chi connectivity index (χ3n) is 2.69. The average Bonchev–Trinajstić information content (AvgIpc) is 2.30. The van der Waals surface area contributed by atoms with E-state index in [4.69, 9.17) is 11.5 Å². The van der Waals surface area contributed by atoms with Gasteiger partial charge in [0, 0.05) is 34.5 Å². The van der Waals surface area contributed by atoms with Crippen molar-refractivity contribution in [1.82, 2.24) is 9.97 Å². The van der Waals surface area contributed by atoms with E-state index < -0.39 is 0 Å². The lowest BCUT2D eigenvalue weighted by atomic mass is 10.1. The molecule has 0 saturated carbocycles. The topological polar surface area (TPSA) is 77.8 Å². The summed E-state index contributed by atoms with van der Waals surface area (Å²) in [4.78, 5) is 8.63. The minimum absolute atomic E-state index is 0.705. The smallest absolute Gasteiger partial charge is 0.0986 e. The van der Waals surface area contributed by atoms with Crippen molar-refractivity contribution in [2.75, 3.05) is 11.5 Å². The summed E-state index contributed by atoms with van der Waals surface area (Å²) in [5.74, 6) is 0. The summed E-state index contributed by atoms with van der Waals surface area (Å²) < 4.78 is 0. The van der Waals surface area contributed by atoms with Crippen molar-refractivity contribution in [3.8, 4) is 0 Å². The Labute approximate surface area is 91.9 Å². The Hall–Kier alpha value is -2.36. The van der Waals surface area contributed by atoms with E-state index in [9.17, 15) is 0 Å². The van der Waals surface area contributed by atoms with Gasteiger partial charge < -0.3 is 11.5 Å². The molecular weight excluding hydrogens is 200 g/mol. The van der Waals surface area contributed by atoms with Gasteiger partial charge in [-0.05, 0) is 24.3 Å². The zero-order valence-electron chi connectivity index (χ0n) is 8.51. The molecular formula is C12H10N4. The first kappa shape index (κ1) is 8.91. The molecule has 0 saturated heterocycles. The Kier molecular flexibility index (Phi) is 1.71. The number of hydrogen-bond acceptors (Lipinski definition) is 4. The van der Waals surface area contributed by atoms with Gasteiger partial charge in [-0.1, -0.05) is 0 Å². The summed E-state index contributed by atoms with van der Waals surface area (Å²) in [5, 5.41) is 1.82. The summed E-state index contributed by atoms with van der Waals surface area (Å²) in [6.45, 7) is 0. The van der Waals surface area contributed by atoms with Crippen molar-refractivity contribution in [2.45, 2.75) is 0 Å². The second kappa shape index (κ2) is 3.06. The molecule has 0 radical (unpaired) electrons. The van der Waals surface area contributed by atoms with Crippen LogP contribution in [0.4, 0.5) is 11.4 Å². The molecule has 0 aliphatic carbocycles. The molecule has 78 valence electrons. The summed E-state index contributed by atoms with van der Waals surface area (Å²) in [6, 6.07) is 7.41. The molecule has 1 aromatic carbocycles. The Morgan fingerprint density at radius 2 is 1.12 bits per heavy atom. The van der Waals surface area contributed by atoms with Gasteiger partial charge in [0.2, 0.25) is 0 Å². The lowest BCUT2D eigenvalue weighted by Gasteiger charge is -2.05. The van der Waals surface area contributed by atoms with Gasteiger partial charge in [0.15, 0.2) is 0 Å². The largest absolute Gasteiger partial charge is 0.398 e. The number of nitrogens with two attached hydrogens (primary N) is 2. The molecule has 4 N–H and O–H groups in total. The highest BCUT2D eigenvalue weighted by atomic mass is 14.8. The molecule has 0 spiro atoms. The number of rotatable bonds is 0. The van der Waals surface area contributed by atoms with Gasteiger partial charge in [-0.15, -0.1) is 0 Å². The fourth-order valence-electron chi connectivity index (χ4n) is 1.87. The molecule has 3 rings (SSSR count). The molecule has 3 aromatic rings. The minimum atomic E-state index is 0.705. The summed E-state index contributed by atoms with van der Waals surface area (Å²) in [6.07, 6.45) is 3.37. The van der Waals surface area contributed by atoms with Crippen LogP contribution in [-0.2, 0) is 0 Å². The molecule has 0 fully saturated rings. The highest BCUT2D eigenvalue weighted by Crippen LogP contribution is 2.28.